The van der Waals surface area contributed by atoms with Gasteiger partial charge in [0.05, 0.1) is 12.8 Å². The second-order valence-corrected chi connectivity index (χ2v) is 8.35. The Morgan fingerprint density at radius 2 is 1.96 bits per heavy atom. The van der Waals surface area contributed by atoms with Crippen molar-refractivity contribution < 1.29 is 21.6 Å². The Hall–Kier alpha value is -1.40. The first-order chi connectivity index (χ1) is 10.8. The summed E-state index contributed by atoms with van der Waals surface area (Å²) >= 11 is 0.892. The number of halogens is 3. The highest BCUT2D eigenvalue weighted by Gasteiger charge is 2.33. The molecule has 0 amide bonds. The molecular weight excluding hydrogens is 367 g/mol. The van der Waals surface area contributed by atoms with Crippen molar-refractivity contribution in [2.45, 2.75) is 32.1 Å². The van der Waals surface area contributed by atoms with Crippen LogP contribution in [0.4, 0.5) is 13.2 Å². The normalized spacial score (nSPS) is 13.9. The van der Waals surface area contributed by atoms with Crippen LogP contribution in [-0.2, 0) is 22.7 Å². The van der Waals surface area contributed by atoms with Crippen LogP contribution in [0.5, 0.6) is 0 Å². The number of guanidine groups is 1. The highest BCUT2D eigenvalue weighted by atomic mass is 32.2. The van der Waals surface area contributed by atoms with Crippen LogP contribution in [0, 0.1) is 0 Å². The molecule has 1 aromatic heterocycles. The van der Waals surface area contributed by atoms with Crippen LogP contribution in [0.1, 0.15) is 24.5 Å². The van der Waals surface area contributed by atoms with Crippen molar-refractivity contribution in [2.75, 3.05) is 19.8 Å². The largest absolute Gasteiger partial charge is 0.434 e. The Balaban J connectivity index is 2.56. The van der Waals surface area contributed by atoms with Gasteiger partial charge in [-0.05, 0) is 13.8 Å². The molecule has 0 bridgehead atoms. The van der Waals surface area contributed by atoms with E-state index in [-0.39, 0.29) is 18.1 Å². The van der Waals surface area contributed by atoms with Gasteiger partial charge in [0.25, 0.3) is 0 Å². The minimum Gasteiger partial charge on any atom is -0.355 e. The Morgan fingerprint density at radius 1 is 1.33 bits per heavy atom. The molecule has 138 valence electrons. The molecule has 0 fully saturated rings. The zero-order valence-corrected chi connectivity index (χ0v) is 15.3. The topological polar surface area (TPSA) is 95.5 Å². The molecule has 0 saturated heterocycles. The van der Waals surface area contributed by atoms with Gasteiger partial charge in [0, 0.05) is 24.5 Å². The average Bonchev–Trinajstić information content (AvgIpc) is 2.84. The van der Waals surface area contributed by atoms with Crippen molar-refractivity contribution in [1.29, 1.82) is 0 Å². The molecule has 0 aromatic carbocycles. The molecule has 1 heterocycles. The van der Waals surface area contributed by atoms with Gasteiger partial charge in [-0.15, -0.1) is 11.3 Å². The molecule has 0 aliphatic rings. The van der Waals surface area contributed by atoms with E-state index in [0.29, 0.717) is 5.96 Å². The monoisotopic (exact) mass is 387 g/mol. The third-order valence-corrected chi connectivity index (χ3v) is 4.40. The van der Waals surface area contributed by atoms with Crippen LogP contribution in [0.3, 0.4) is 0 Å². The van der Waals surface area contributed by atoms with Crippen LogP contribution < -0.4 is 15.4 Å². The van der Waals surface area contributed by atoms with E-state index in [9.17, 15) is 21.6 Å². The van der Waals surface area contributed by atoms with Gasteiger partial charge in [-0.1, -0.05) is 0 Å². The fourth-order valence-electron chi connectivity index (χ4n) is 1.74. The van der Waals surface area contributed by atoms with Gasteiger partial charge in [-0.3, -0.25) is 4.99 Å². The Kier molecular flexibility index (Phi) is 6.59. The van der Waals surface area contributed by atoms with E-state index < -0.39 is 27.4 Å². The lowest BCUT2D eigenvalue weighted by molar-refractivity contribution is -0.140. The van der Waals surface area contributed by atoms with E-state index in [4.69, 9.17) is 0 Å². The standard InChI is InChI=1S/C12H20F3N5O2S2/c1-11(2,20-24(4,21)22)7-18-10(16-3)17-5-9-19-8(6-23-9)12(13,14)15/h6,20H,5,7H2,1-4H3,(H2,16,17,18). The lowest BCUT2D eigenvalue weighted by atomic mass is 10.1. The van der Waals surface area contributed by atoms with E-state index in [1.807, 2.05) is 0 Å². The zero-order valence-electron chi connectivity index (χ0n) is 13.7. The molecule has 0 unspecified atom stereocenters. The summed E-state index contributed by atoms with van der Waals surface area (Å²) in [6.45, 7) is 3.67. The van der Waals surface area contributed by atoms with Crippen molar-refractivity contribution in [2.24, 2.45) is 4.99 Å². The lowest BCUT2D eigenvalue weighted by Crippen LogP contribution is -2.52. The fraction of sp³-hybridized carbons (Fsp3) is 0.667. The average molecular weight is 387 g/mol. The number of nitrogens with zero attached hydrogens (tertiary/aromatic N) is 2. The van der Waals surface area contributed by atoms with Gasteiger partial charge in [-0.25, -0.2) is 18.1 Å². The maximum absolute atomic E-state index is 12.5. The van der Waals surface area contributed by atoms with Gasteiger partial charge in [0.1, 0.15) is 5.01 Å². The Bertz CT molecular complexity index is 683. The lowest BCUT2D eigenvalue weighted by Gasteiger charge is -2.26. The predicted octanol–water partition coefficient (Wildman–Crippen LogP) is 1.15. The smallest absolute Gasteiger partial charge is 0.355 e. The number of alkyl halides is 3. The maximum atomic E-state index is 12.5. The fourth-order valence-corrected chi connectivity index (χ4v) is 3.56. The molecule has 3 N–H and O–H groups in total. The van der Waals surface area contributed by atoms with Crippen LogP contribution >= 0.6 is 11.3 Å². The van der Waals surface area contributed by atoms with E-state index in [1.165, 1.54) is 7.05 Å². The summed E-state index contributed by atoms with van der Waals surface area (Å²) in [5.41, 5.74) is -1.69. The summed E-state index contributed by atoms with van der Waals surface area (Å²) in [4.78, 5) is 7.43. The first-order valence-corrected chi connectivity index (χ1v) is 9.54. The van der Waals surface area contributed by atoms with E-state index in [0.717, 1.165) is 23.0 Å². The molecule has 0 spiro atoms. The van der Waals surface area contributed by atoms with Crippen molar-refractivity contribution in [1.82, 2.24) is 20.3 Å². The highest BCUT2D eigenvalue weighted by molar-refractivity contribution is 7.88. The van der Waals surface area contributed by atoms with Gasteiger partial charge >= 0.3 is 6.18 Å². The summed E-state index contributed by atoms with van der Waals surface area (Å²) in [6.07, 6.45) is -3.40. The zero-order chi connectivity index (χ0) is 18.6. The molecular formula is C12H20F3N5O2S2. The van der Waals surface area contributed by atoms with E-state index in [2.05, 4.69) is 25.3 Å². The third-order valence-electron chi connectivity index (χ3n) is 2.63. The summed E-state index contributed by atoms with van der Waals surface area (Å²) < 4.78 is 62.5. The number of rotatable bonds is 6. The summed E-state index contributed by atoms with van der Waals surface area (Å²) in [5, 5.41) is 6.95. The van der Waals surface area contributed by atoms with E-state index in [1.54, 1.807) is 13.8 Å². The SMILES string of the molecule is CN=C(NCc1nc(C(F)(F)F)cs1)NCC(C)(C)NS(C)(=O)=O. The number of aliphatic imine (C=N–C) groups is 1. The molecule has 12 heteroatoms. The number of hydrogen-bond donors (Lipinski definition) is 3. The summed E-state index contributed by atoms with van der Waals surface area (Å²) in [5.74, 6) is 0.321. The summed E-state index contributed by atoms with van der Waals surface area (Å²) in [7, 11) is -1.87. The van der Waals surface area contributed by atoms with Gasteiger partial charge in [0.2, 0.25) is 10.0 Å². The van der Waals surface area contributed by atoms with Crippen molar-refractivity contribution in [3.63, 3.8) is 0 Å². The van der Waals surface area contributed by atoms with Crippen molar-refractivity contribution >= 4 is 27.3 Å². The van der Waals surface area contributed by atoms with Gasteiger partial charge in [0.15, 0.2) is 11.7 Å². The quantitative estimate of drug-likeness (QED) is 0.503. The van der Waals surface area contributed by atoms with Crippen LogP contribution in [0.2, 0.25) is 0 Å². The molecule has 0 aliphatic carbocycles. The third kappa shape index (κ3) is 7.45. The predicted molar refractivity (Wildman–Crippen MR) is 87.4 cm³/mol. The number of thiazole rings is 1. The minimum absolute atomic E-state index is 0.0698. The molecule has 0 aliphatic heterocycles. The second-order valence-electron chi connectivity index (χ2n) is 5.66. The Labute approximate surface area is 142 Å². The first-order valence-electron chi connectivity index (χ1n) is 6.77. The number of sulfonamides is 1. The van der Waals surface area contributed by atoms with Crippen LogP contribution in [-0.4, -0.2) is 44.7 Å². The maximum Gasteiger partial charge on any atom is 0.434 e. The molecule has 7 nitrogen and oxygen atoms in total. The molecule has 0 saturated carbocycles. The molecule has 1 aromatic rings. The van der Waals surface area contributed by atoms with Crippen LogP contribution in [0.25, 0.3) is 0 Å². The minimum atomic E-state index is -4.46. The molecule has 1 rings (SSSR count). The molecule has 0 radical (unpaired) electrons. The van der Waals surface area contributed by atoms with Crippen LogP contribution in [0.15, 0.2) is 10.4 Å². The van der Waals surface area contributed by atoms with Crippen molar-refractivity contribution in [3.8, 4) is 0 Å². The molecule has 24 heavy (non-hydrogen) atoms. The number of nitrogens with one attached hydrogen (secondary N) is 3. The highest BCUT2D eigenvalue weighted by Crippen LogP contribution is 2.29. The Morgan fingerprint density at radius 3 is 2.42 bits per heavy atom. The second kappa shape index (κ2) is 7.66. The summed E-state index contributed by atoms with van der Waals surface area (Å²) in [6, 6.07) is 0. The molecule has 0 atom stereocenters. The van der Waals surface area contributed by atoms with Crippen molar-refractivity contribution in [3.05, 3.63) is 16.1 Å². The van der Waals surface area contributed by atoms with Gasteiger partial charge < -0.3 is 10.6 Å². The number of hydrogen-bond acceptors (Lipinski definition) is 5. The van der Waals surface area contributed by atoms with E-state index >= 15 is 0 Å². The number of aromatic nitrogens is 1. The van der Waals surface area contributed by atoms with Gasteiger partial charge in [-0.2, -0.15) is 13.2 Å². The first kappa shape index (κ1) is 20.6.